The van der Waals surface area contributed by atoms with Gasteiger partial charge in [0.05, 0.1) is 12.3 Å². The molecule has 72 valence electrons. The molecule has 1 amide bonds. The lowest BCUT2D eigenvalue weighted by molar-refractivity contribution is -0.141. The molecule has 0 spiro atoms. The minimum atomic E-state index is -1.33. The van der Waals surface area contributed by atoms with Gasteiger partial charge in [-0.2, -0.15) is 0 Å². The summed E-state index contributed by atoms with van der Waals surface area (Å²) in [7, 11) is 0. The van der Waals surface area contributed by atoms with Crippen LogP contribution in [0.15, 0.2) is 5.16 Å². The van der Waals surface area contributed by atoms with Crippen molar-refractivity contribution in [3.8, 4) is 0 Å². The van der Waals surface area contributed by atoms with Gasteiger partial charge >= 0.3 is 12.1 Å². The summed E-state index contributed by atoms with van der Waals surface area (Å²) in [5.41, 5.74) is 0.162. The zero-order valence-electron chi connectivity index (χ0n) is 6.54. The van der Waals surface area contributed by atoms with Crippen LogP contribution in [0.4, 0.5) is 4.79 Å². The van der Waals surface area contributed by atoms with E-state index < -0.39 is 18.1 Å². The van der Waals surface area contributed by atoms with Gasteiger partial charge in [-0.05, 0) is 0 Å². The summed E-state index contributed by atoms with van der Waals surface area (Å²) in [5.74, 6) is -1.24. The highest BCUT2D eigenvalue weighted by Gasteiger charge is 2.37. The molecule has 0 aromatic rings. The van der Waals surface area contributed by atoms with E-state index in [1.807, 2.05) is 0 Å². The summed E-state index contributed by atoms with van der Waals surface area (Å²) in [6.45, 7) is -0.150. The molecule has 1 heterocycles. The molecular weight excluding hydrogens is 180 g/mol. The monoisotopic (exact) mass is 188 g/mol. The average molecular weight is 188 g/mol. The minimum Gasteiger partial charge on any atom is -0.480 e. The molecule has 13 heavy (non-hydrogen) atoms. The summed E-state index contributed by atoms with van der Waals surface area (Å²) < 4.78 is 0. The van der Waals surface area contributed by atoms with Crippen LogP contribution in [0.3, 0.4) is 0 Å². The Morgan fingerprint density at radius 3 is 2.38 bits per heavy atom. The number of aliphatic carboxylic acids is 1. The molecule has 3 N–H and O–H groups in total. The molecule has 0 aliphatic carbocycles. The lowest BCUT2D eigenvalue weighted by Gasteiger charge is -2.15. The molecule has 0 aromatic heterocycles. The first-order valence-corrected chi connectivity index (χ1v) is 3.48. The van der Waals surface area contributed by atoms with Crippen LogP contribution in [0.2, 0.25) is 0 Å². The van der Waals surface area contributed by atoms with Crippen molar-refractivity contribution in [2.45, 2.75) is 12.5 Å². The van der Waals surface area contributed by atoms with E-state index in [1.54, 1.807) is 0 Å². The van der Waals surface area contributed by atoms with E-state index in [9.17, 15) is 9.59 Å². The van der Waals surface area contributed by atoms with E-state index in [1.165, 1.54) is 0 Å². The zero-order valence-corrected chi connectivity index (χ0v) is 6.54. The quantitative estimate of drug-likeness (QED) is 0.385. The largest absolute Gasteiger partial charge is 0.480 e. The SMILES string of the molecule is O=C(O)[C@H]1CC(=NO)CN1C(=O)O. The van der Waals surface area contributed by atoms with Gasteiger partial charge in [-0.1, -0.05) is 5.16 Å². The second-order valence-electron chi connectivity index (χ2n) is 2.63. The highest BCUT2D eigenvalue weighted by molar-refractivity contribution is 5.97. The Hall–Kier alpha value is -1.79. The molecule has 1 aliphatic heterocycles. The van der Waals surface area contributed by atoms with Crippen molar-refractivity contribution in [2.24, 2.45) is 5.16 Å². The lowest BCUT2D eigenvalue weighted by Crippen LogP contribution is -2.39. The number of carboxylic acid groups (broad SMARTS) is 2. The Labute approximate surface area is 72.9 Å². The third-order valence-electron chi connectivity index (χ3n) is 1.83. The van der Waals surface area contributed by atoms with Gasteiger partial charge in [-0.3, -0.25) is 4.90 Å². The molecule has 1 fully saturated rings. The fourth-order valence-corrected chi connectivity index (χ4v) is 1.20. The standard InChI is InChI=1S/C6H8N2O5/c9-5(10)4-1-3(7-13)2-8(4)6(11)12/h4,13H,1-2H2,(H,9,10)(H,11,12)/t4-/m1/s1. The predicted octanol–water partition coefficient (Wildman–Crippen LogP) is -0.347. The second-order valence-corrected chi connectivity index (χ2v) is 2.63. The number of hydrogen-bond donors (Lipinski definition) is 3. The van der Waals surface area contributed by atoms with Crippen molar-refractivity contribution < 1.29 is 25.0 Å². The van der Waals surface area contributed by atoms with Gasteiger partial charge in [0.1, 0.15) is 6.04 Å². The summed E-state index contributed by atoms with van der Waals surface area (Å²) >= 11 is 0. The van der Waals surface area contributed by atoms with Crippen LogP contribution < -0.4 is 0 Å². The van der Waals surface area contributed by atoms with Crippen molar-refractivity contribution in [3.63, 3.8) is 0 Å². The van der Waals surface area contributed by atoms with Crippen LogP contribution in [0.1, 0.15) is 6.42 Å². The molecule has 0 saturated carbocycles. The third-order valence-corrected chi connectivity index (χ3v) is 1.83. The normalized spacial score (nSPS) is 25.1. The molecule has 0 radical (unpaired) electrons. The molecule has 1 saturated heterocycles. The van der Waals surface area contributed by atoms with Crippen LogP contribution in [-0.4, -0.2) is 50.7 Å². The molecule has 1 aliphatic rings. The summed E-state index contributed by atoms with van der Waals surface area (Å²) in [5, 5.41) is 28.3. The van der Waals surface area contributed by atoms with Crippen LogP contribution in [0, 0.1) is 0 Å². The van der Waals surface area contributed by atoms with E-state index in [2.05, 4.69) is 5.16 Å². The molecule has 7 nitrogen and oxygen atoms in total. The second kappa shape index (κ2) is 3.30. The zero-order chi connectivity index (χ0) is 10.0. The van der Waals surface area contributed by atoms with Crippen LogP contribution in [-0.2, 0) is 4.79 Å². The van der Waals surface area contributed by atoms with Gasteiger partial charge in [0.2, 0.25) is 0 Å². The number of rotatable bonds is 1. The highest BCUT2D eigenvalue weighted by Crippen LogP contribution is 2.15. The van der Waals surface area contributed by atoms with Crippen molar-refractivity contribution in [3.05, 3.63) is 0 Å². The van der Waals surface area contributed by atoms with Crippen molar-refractivity contribution in [1.29, 1.82) is 0 Å². The Morgan fingerprint density at radius 2 is 2.08 bits per heavy atom. The molecule has 7 heteroatoms. The predicted molar refractivity (Wildman–Crippen MR) is 40.0 cm³/mol. The first kappa shape index (κ1) is 9.30. The van der Waals surface area contributed by atoms with Crippen molar-refractivity contribution >= 4 is 17.8 Å². The maximum absolute atomic E-state index is 10.5. The first-order valence-electron chi connectivity index (χ1n) is 3.48. The van der Waals surface area contributed by atoms with E-state index in [0.717, 1.165) is 4.90 Å². The van der Waals surface area contributed by atoms with E-state index in [4.69, 9.17) is 15.4 Å². The number of amides is 1. The van der Waals surface area contributed by atoms with Gasteiger partial charge in [-0.25, -0.2) is 9.59 Å². The van der Waals surface area contributed by atoms with Gasteiger partial charge in [0.25, 0.3) is 0 Å². The number of nitrogens with zero attached hydrogens (tertiary/aromatic N) is 2. The summed E-state index contributed by atoms with van der Waals surface area (Å²) in [4.78, 5) is 21.8. The lowest BCUT2D eigenvalue weighted by atomic mass is 10.2. The van der Waals surface area contributed by atoms with E-state index >= 15 is 0 Å². The highest BCUT2D eigenvalue weighted by atomic mass is 16.4. The molecule has 1 rings (SSSR count). The molecule has 0 unspecified atom stereocenters. The Morgan fingerprint density at radius 1 is 1.46 bits per heavy atom. The fourth-order valence-electron chi connectivity index (χ4n) is 1.20. The number of likely N-dealkylation sites (tertiary alicyclic amines) is 1. The number of oxime groups is 1. The number of carbonyl (C=O) groups is 2. The third kappa shape index (κ3) is 1.68. The topological polar surface area (TPSA) is 110 Å². The van der Waals surface area contributed by atoms with Gasteiger partial charge < -0.3 is 15.4 Å². The first-order chi connectivity index (χ1) is 6.06. The number of hydrogen-bond acceptors (Lipinski definition) is 4. The van der Waals surface area contributed by atoms with Gasteiger partial charge in [0, 0.05) is 6.42 Å². The van der Waals surface area contributed by atoms with Gasteiger partial charge in [-0.15, -0.1) is 0 Å². The Balaban J connectivity index is 2.83. The van der Waals surface area contributed by atoms with Crippen LogP contribution in [0.25, 0.3) is 0 Å². The number of carboxylic acids is 1. The van der Waals surface area contributed by atoms with Crippen LogP contribution >= 0.6 is 0 Å². The summed E-state index contributed by atoms with van der Waals surface area (Å²) in [6, 6.07) is -1.14. The molecule has 0 aromatic carbocycles. The fraction of sp³-hybridized carbons (Fsp3) is 0.500. The average Bonchev–Trinajstić information content (AvgIpc) is 2.47. The van der Waals surface area contributed by atoms with E-state index in [0.29, 0.717) is 0 Å². The van der Waals surface area contributed by atoms with Crippen molar-refractivity contribution in [2.75, 3.05) is 6.54 Å². The van der Waals surface area contributed by atoms with Crippen molar-refractivity contribution in [1.82, 2.24) is 4.90 Å². The molecular formula is C6H8N2O5. The van der Waals surface area contributed by atoms with E-state index in [-0.39, 0.29) is 18.7 Å². The van der Waals surface area contributed by atoms with Gasteiger partial charge in [0.15, 0.2) is 0 Å². The Kier molecular flexibility index (Phi) is 2.36. The molecule has 0 bridgehead atoms. The Bertz CT molecular complexity index is 250. The minimum absolute atomic E-state index is 0.0574. The maximum Gasteiger partial charge on any atom is 0.408 e. The van der Waals surface area contributed by atoms with Crippen LogP contribution in [0.5, 0.6) is 0 Å². The molecule has 1 atom stereocenters. The smallest absolute Gasteiger partial charge is 0.408 e. The summed E-state index contributed by atoms with van der Waals surface area (Å²) in [6.07, 6.45) is -1.39. The maximum atomic E-state index is 10.5.